The third-order valence-electron chi connectivity index (χ3n) is 1.76. The fraction of sp³-hybridized carbons (Fsp3) is 1.00. The molecule has 1 atom stereocenters. The Kier molecular flexibility index (Phi) is 5.58. The van der Waals surface area contributed by atoms with Gasteiger partial charge in [-0.2, -0.15) is 0 Å². The zero-order valence-corrected chi connectivity index (χ0v) is 6.75. The fourth-order valence-electron chi connectivity index (χ4n) is 0.920. The summed E-state index contributed by atoms with van der Waals surface area (Å²) in [7, 11) is 1.90. The van der Waals surface area contributed by atoms with E-state index in [0.29, 0.717) is 6.54 Å². The Bertz CT molecular complexity index is 74.0. The van der Waals surface area contributed by atoms with Crippen molar-refractivity contribution in [3.05, 3.63) is 0 Å². The lowest BCUT2D eigenvalue weighted by Crippen LogP contribution is -2.36. The summed E-state index contributed by atoms with van der Waals surface area (Å²) in [5.41, 5.74) is 0. The van der Waals surface area contributed by atoms with Gasteiger partial charge in [-0.25, -0.2) is 0 Å². The largest absolute Gasteiger partial charge is 0.395 e. The molecule has 0 aromatic rings. The third-order valence-corrected chi connectivity index (χ3v) is 1.76. The zero-order chi connectivity index (χ0) is 7.98. The first kappa shape index (κ1) is 9.88. The lowest BCUT2D eigenvalue weighted by molar-refractivity contribution is 0.122. The SMILES string of the molecule is CCC(CO)N(C)CCO. The highest BCUT2D eigenvalue weighted by molar-refractivity contribution is 4.64. The monoisotopic (exact) mass is 147 g/mol. The second kappa shape index (κ2) is 5.65. The minimum Gasteiger partial charge on any atom is -0.395 e. The predicted molar refractivity (Wildman–Crippen MR) is 40.9 cm³/mol. The van der Waals surface area contributed by atoms with Crippen LogP contribution in [-0.4, -0.2) is 48.0 Å². The van der Waals surface area contributed by atoms with Gasteiger partial charge in [-0.05, 0) is 13.5 Å². The maximum Gasteiger partial charge on any atom is 0.0586 e. The number of aliphatic hydroxyl groups is 2. The van der Waals surface area contributed by atoms with Gasteiger partial charge in [-0.15, -0.1) is 0 Å². The van der Waals surface area contributed by atoms with Crippen LogP contribution < -0.4 is 0 Å². The number of nitrogens with zero attached hydrogens (tertiary/aromatic N) is 1. The van der Waals surface area contributed by atoms with Crippen molar-refractivity contribution in [3.8, 4) is 0 Å². The summed E-state index contributed by atoms with van der Waals surface area (Å²) >= 11 is 0. The average molecular weight is 147 g/mol. The molecule has 3 heteroatoms. The van der Waals surface area contributed by atoms with Gasteiger partial charge in [-0.1, -0.05) is 6.92 Å². The Morgan fingerprint density at radius 3 is 2.30 bits per heavy atom. The maximum atomic E-state index is 8.80. The molecule has 0 amide bonds. The second-order valence-corrected chi connectivity index (χ2v) is 2.45. The van der Waals surface area contributed by atoms with Crippen LogP contribution in [0.4, 0.5) is 0 Å². The topological polar surface area (TPSA) is 43.7 Å². The number of likely N-dealkylation sites (N-methyl/N-ethyl adjacent to an activating group) is 1. The van der Waals surface area contributed by atoms with Crippen LogP contribution in [0.25, 0.3) is 0 Å². The van der Waals surface area contributed by atoms with Crippen LogP contribution >= 0.6 is 0 Å². The predicted octanol–water partition coefficient (Wildman–Crippen LogP) is -0.319. The van der Waals surface area contributed by atoms with Crippen LogP contribution in [0.15, 0.2) is 0 Å². The van der Waals surface area contributed by atoms with Crippen LogP contribution in [0.5, 0.6) is 0 Å². The molecule has 0 saturated heterocycles. The van der Waals surface area contributed by atoms with Crippen molar-refractivity contribution < 1.29 is 10.2 Å². The maximum absolute atomic E-state index is 8.80. The van der Waals surface area contributed by atoms with Gasteiger partial charge in [0, 0.05) is 12.6 Å². The van der Waals surface area contributed by atoms with E-state index in [1.807, 2.05) is 18.9 Å². The van der Waals surface area contributed by atoms with Gasteiger partial charge in [0.2, 0.25) is 0 Å². The van der Waals surface area contributed by atoms with Gasteiger partial charge >= 0.3 is 0 Å². The highest BCUT2D eigenvalue weighted by Crippen LogP contribution is 1.98. The van der Waals surface area contributed by atoms with Crippen molar-refractivity contribution in [1.29, 1.82) is 0 Å². The van der Waals surface area contributed by atoms with E-state index in [1.54, 1.807) is 0 Å². The Morgan fingerprint density at radius 1 is 1.40 bits per heavy atom. The van der Waals surface area contributed by atoms with E-state index >= 15 is 0 Å². The van der Waals surface area contributed by atoms with Crippen LogP contribution in [0, 0.1) is 0 Å². The molecule has 2 N–H and O–H groups in total. The smallest absolute Gasteiger partial charge is 0.0586 e. The first-order valence-corrected chi connectivity index (χ1v) is 3.68. The molecule has 0 fully saturated rings. The van der Waals surface area contributed by atoms with Gasteiger partial charge in [0.15, 0.2) is 0 Å². The van der Waals surface area contributed by atoms with Gasteiger partial charge in [-0.3, -0.25) is 4.90 Å². The number of hydrogen-bond acceptors (Lipinski definition) is 3. The third kappa shape index (κ3) is 3.15. The number of aliphatic hydroxyl groups excluding tert-OH is 2. The molecule has 0 aliphatic heterocycles. The number of hydrogen-bond donors (Lipinski definition) is 2. The van der Waals surface area contributed by atoms with E-state index in [2.05, 4.69) is 0 Å². The van der Waals surface area contributed by atoms with E-state index in [1.165, 1.54) is 0 Å². The van der Waals surface area contributed by atoms with Crippen LogP contribution in [0.1, 0.15) is 13.3 Å². The minimum atomic E-state index is 0.160. The average Bonchev–Trinajstić information content (AvgIpc) is 1.91. The van der Waals surface area contributed by atoms with Crippen LogP contribution in [0.3, 0.4) is 0 Å². The molecule has 0 aliphatic carbocycles. The molecule has 0 radical (unpaired) electrons. The highest BCUT2D eigenvalue weighted by Gasteiger charge is 2.09. The molecule has 0 saturated carbocycles. The van der Waals surface area contributed by atoms with Gasteiger partial charge in [0.05, 0.1) is 13.2 Å². The van der Waals surface area contributed by atoms with E-state index < -0.39 is 0 Å². The summed E-state index contributed by atoms with van der Waals surface area (Å²) in [6, 6.07) is 0.201. The molecule has 62 valence electrons. The second-order valence-electron chi connectivity index (χ2n) is 2.45. The zero-order valence-electron chi connectivity index (χ0n) is 6.75. The number of rotatable bonds is 5. The summed E-state index contributed by atoms with van der Waals surface area (Å²) < 4.78 is 0. The van der Waals surface area contributed by atoms with E-state index in [0.717, 1.165) is 6.42 Å². The molecule has 0 spiro atoms. The summed E-state index contributed by atoms with van der Waals surface area (Å²) in [5, 5.41) is 17.4. The summed E-state index contributed by atoms with van der Waals surface area (Å²) in [6.45, 7) is 2.99. The van der Waals surface area contributed by atoms with Crippen molar-refractivity contribution in [1.82, 2.24) is 4.90 Å². The van der Waals surface area contributed by atoms with Crippen LogP contribution in [0.2, 0.25) is 0 Å². The minimum absolute atomic E-state index is 0.160. The van der Waals surface area contributed by atoms with E-state index in [4.69, 9.17) is 10.2 Å². The van der Waals surface area contributed by atoms with E-state index in [-0.39, 0.29) is 19.3 Å². The molecule has 0 heterocycles. The fourth-order valence-corrected chi connectivity index (χ4v) is 0.920. The first-order valence-electron chi connectivity index (χ1n) is 3.68. The molecule has 0 aliphatic rings. The Labute approximate surface area is 62.3 Å². The summed E-state index contributed by atoms with van der Waals surface area (Å²) in [5.74, 6) is 0. The van der Waals surface area contributed by atoms with Crippen molar-refractivity contribution in [2.75, 3.05) is 26.8 Å². The van der Waals surface area contributed by atoms with Crippen molar-refractivity contribution in [3.63, 3.8) is 0 Å². The lowest BCUT2D eigenvalue weighted by atomic mass is 10.2. The standard InChI is InChI=1S/C7H17NO2/c1-3-7(6-10)8(2)4-5-9/h7,9-10H,3-6H2,1-2H3. The first-order chi connectivity index (χ1) is 4.76. The molecule has 0 aromatic heterocycles. The molecule has 3 nitrogen and oxygen atoms in total. The molecular formula is C7H17NO2. The normalized spacial score (nSPS) is 14.1. The van der Waals surface area contributed by atoms with Crippen molar-refractivity contribution in [2.24, 2.45) is 0 Å². The van der Waals surface area contributed by atoms with Crippen LogP contribution in [-0.2, 0) is 0 Å². The summed E-state index contributed by atoms with van der Waals surface area (Å²) in [6.07, 6.45) is 0.924. The molecular weight excluding hydrogens is 130 g/mol. The van der Waals surface area contributed by atoms with Gasteiger partial charge in [0.25, 0.3) is 0 Å². The lowest BCUT2D eigenvalue weighted by Gasteiger charge is -2.23. The highest BCUT2D eigenvalue weighted by atomic mass is 16.3. The Hall–Kier alpha value is -0.120. The molecule has 1 unspecified atom stereocenters. The Morgan fingerprint density at radius 2 is 2.00 bits per heavy atom. The molecule has 0 aromatic carbocycles. The summed E-state index contributed by atoms with van der Waals surface area (Å²) in [4.78, 5) is 1.96. The van der Waals surface area contributed by atoms with E-state index in [9.17, 15) is 0 Å². The Balaban J connectivity index is 3.53. The van der Waals surface area contributed by atoms with Gasteiger partial charge in [0.1, 0.15) is 0 Å². The molecule has 0 bridgehead atoms. The quantitative estimate of drug-likeness (QED) is 0.560. The van der Waals surface area contributed by atoms with Crippen molar-refractivity contribution >= 4 is 0 Å². The van der Waals surface area contributed by atoms with Gasteiger partial charge < -0.3 is 10.2 Å². The molecule has 10 heavy (non-hydrogen) atoms. The molecule has 0 rings (SSSR count). The van der Waals surface area contributed by atoms with Crippen molar-refractivity contribution in [2.45, 2.75) is 19.4 Å².